The highest BCUT2D eigenvalue weighted by Gasteiger charge is 2.24. The second kappa shape index (κ2) is 2.26. The third-order valence-electron chi connectivity index (χ3n) is 1.37. The second-order valence-corrected chi connectivity index (χ2v) is 2.92. The van der Waals surface area contributed by atoms with Gasteiger partial charge in [-0.1, -0.05) is 11.8 Å². The van der Waals surface area contributed by atoms with Crippen LogP contribution in [0.5, 0.6) is 0 Å². The summed E-state index contributed by atoms with van der Waals surface area (Å²) in [5.74, 6) is 0. The van der Waals surface area contributed by atoms with E-state index in [1.54, 1.807) is 11.8 Å². The molecule has 2 rings (SSSR count). The summed E-state index contributed by atoms with van der Waals surface area (Å²) in [6, 6.07) is 0. The third kappa shape index (κ3) is 0.963. The van der Waals surface area contributed by atoms with Crippen molar-refractivity contribution in [2.45, 2.75) is 5.50 Å². The lowest BCUT2D eigenvalue weighted by Gasteiger charge is -2.21. The Hall–Kier alpha value is -0.100. The Morgan fingerprint density at radius 3 is 3.67 bits per heavy atom. The van der Waals surface area contributed by atoms with Crippen molar-refractivity contribution < 1.29 is 0 Å². The van der Waals surface area contributed by atoms with Crippen LogP contribution in [0.4, 0.5) is 0 Å². The minimum absolute atomic E-state index is 0.405. The summed E-state index contributed by atoms with van der Waals surface area (Å²) in [4.78, 5) is 6.32. The molecule has 50 valence electrons. The molecule has 9 heavy (non-hydrogen) atoms. The Kier molecular flexibility index (Phi) is 1.42. The summed E-state index contributed by atoms with van der Waals surface area (Å²) >= 11 is 1.69. The van der Waals surface area contributed by atoms with Crippen LogP contribution < -0.4 is 10.9 Å². The van der Waals surface area contributed by atoms with E-state index in [1.165, 1.54) is 0 Å². The molecule has 0 aromatic carbocycles. The van der Waals surface area contributed by atoms with Crippen LogP contribution in [0.25, 0.3) is 0 Å². The molecule has 1 unspecified atom stereocenters. The number of nitrogens with one attached hydrogen (secondary N) is 2. The van der Waals surface area contributed by atoms with Crippen molar-refractivity contribution in [3.05, 3.63) is 0 Å². The molecule has 1 fully saturated rings. The third-order valence-corrected chi connectivity index (χ3v) is 2.31. The number of nitrogens with zero attached hydrogens (tertiary/aromatic N) is 2. The zero-order valence-corrected chi connectivity index (χ0v) is 5.69. The number of thioether (sulfide) groups is 1. The quantitative estimate of drug-likeness (QED) is 0.475. The Morgan fingerprint density at radius 2 is 2.78 bits per heavy atom. The molecule has 2 aliphatic rings. The summed E-state index contributed by atoms with van der Waals surface area (Å²) in [5, 5.41) is 0. The van der Waals surface area contributed by atoms with Crippen LogP contribution in [0, 0.1) is 0 Å². The van der Waals surface area contributed by atoms with Crippen molar-refractivity contribution in [2.24, 2.45) is 4.99 Å². The topological polar surface area (TPSA) is 39.7 Å². The lowest BCUT2D eigenvalue weighted by Crippen LogP contribution is -2.35. The van der Waals surface area contributed by atoms with Gasteiger partial charge < -0.3 is 0 Å². The largest absolute Gasteiger partial charge is 0.271 e. The second-order valence-electron chi connectivity index (χ2n) is 1.99. The molecule has 1 atom stereocenters. The monoisotopic (exact) mass is 144 g/mol. The first-order valence-corrected chi connectivity index (χ1v) is 3.77. The van der Waals surface area contributed by atoms with Gasteiger partial charge in [-0.05, 0) is 0 Å². The van der Waals surface area contributed by atoms with Gasteiger partial charge in [0.05, 0.1) is 18.9 Å². The number of hydrogen-bond acceptors (Lipinski definition) is 5. The maximum atomic E-state index is 4.10. The van der Waals surface area contributed by atoms with Crippen molar-refractivity contribution in [2.75, 3.05) is 13.3 Å². The zero-order valence-electron chi connectivity index (χ0n) is 4.87. The molecular weight excluding hydrogens is 136 g/mol. The van der Waals surface area contributed by atoms with Crippen molar-refractivity contribution in [3.8, 4) is 0 Å². The van der Waals surface area contributed by atoms with Gasteiger partial charge in [0.25, 0.3) is 0 Å². The first-order chi connectivity index (χ1) is 4.47. The van der Waals surface area contributed by atoms with Crippen LogP contribution in [0.2, 0.25) is 0 Å². The molecule has 5 heteroatoms. The van der Waals surface area contributed by atoms with Gasteiger partial charge in [0.15, 0.2) is 0 Å². The summed E-state index contributed by atoms with van der Waals surface area (Å²) < 4.78 is 0. The van der Waals surface area contributed by atoms with Gasteiger partial charge in [-0.3, -0.25) is 4.99 Å². The van der Waals surface area contributed by atoms with E-state index >= 15 is 0 Å². The van der Waals surface area contributed by atoms with Gasteiger partial charge in [0.2, 0.25) is 0 Å². The van der Waals surface area contributed by atoms with Gasteiger partial charge >= 0.3 is 0 Å². The molecule has 0 aromatic heterocycles. The molecule has 1 saturated heterocycles. The number of aliphatic imine (C=N–C) groups is 1. The SMILES string of the molecule is C1=NCN2CNNC2S1. The molecule has 0 amide bonds. The maximum absolute atomic E-state index is 4.10. The van der Waals surface area contributed by atoms with Gasteiger partial charge in [0.1, 0.15) is 5.50 Å². The molecule has 0 radical (unpaired) electrons. The highest BCUT2D eigenvalue weighted by molar-refractivity contribution is 8.12. The molecule has 2 heterocycles. The van der Waals surface area contributed by atoms with Crippen LogP contribution in [0.3, 0.4) is 0 Å². The van der Waals surface area contributed by atoms with Crippen LogP contribution in [0.15, 0.2) is 4.99 Å². The van der Waals surface area contributed by atoms with E-state index in [1.807, 2.05) is 5.55 Å². The Bertz CT molecular complexity index is 123. The first kappa shape index (κ1) is 5.67. The fraction of sp³-hybridized carbons (Fsp3) is 0.750. The van der Waals surface area contributed by atoms with E-state index in [9.17, 15) is 0 Å². The predicted molar refractivity (Wildman–Crippen MR) is 37.7 cm³/mol. The van der Waals surface area contributed by atoms with E-state index in [0.29, 0.717) is 5.50 Å². The summed E-state index contributed by atoms with van der Waals surface area (Å²) in [6.45, 7) is 1.71. The normalized spacial score (nSPS) is 34.9. The lowest BCUT2D eigenvalue weighted by atomic mass is 10.8. The van der Waals surface area contributed by atoms with Crippen molar-refractivity contribution in [1.82, 2.24) is 15.8 Å². The van der Waals surface area contributed by atoms with Crippen LogP contribution in [0.1, 0.15) is 0 Å². The average molecular weight is 144 g/mol. The van der Waals surface area contributed by atoms with E-state index in [0.717, 1.165) is 13.3 Å². The van der Waals surface area contributed by atoms with Gasteiger partial charge in [-0.25, -0.2) is 15.8 Å². The molecule has 0 aliphatic carbocycles. The van der Waals surface area contributed by atoms with Crippen molar-refractivity contribution >= 4 is 17.3 Å². The fourth-order valence-corrected chi connectivity index (χ4v) is 1.62. The van der Waals surface area contributed by atoms with Crippen molar-refractivity contribution in [1.29, 1.82) is 0 Å². The van der Waals surface area contributed by atoms with Gasteiger partial charge in [-0.2, -0.15) is 0 Å². The minimum Gasteiger partial charge on any atom is -0.271 e. The molecule has 0 aromatic rings. The molecule has 2 aliphatic heterocycles. The van der Waals surface area contributed by atoms with Gasteiger partial charge in [0, 0.05) is 0 Å². The number of rotatable bonds is 0. The molecule has 2 N–H and O–H groups in total. The standard InChI is InChI=1S/C4H8N4S/c1-5-3-9-4-7-6-2-8(1)4/h3-4,6-7H,1-2H2. The smallest absolute Gasteiger partial charge is 0.128 e. The number of hydrazine groups is 1. The summed E-state index contributed by atoms with van der Waals surface area (Å²) in [5.41, 5.74) is 8.44. The van der Waals surface area contributed by atoms with E-state index in [2.05, 4.69) is 20.7 Å². The summed E-state index contributed by atoms with van der Waals surface area (Å²) in [7, 11) is 0. The van der Waals surface area contributed by atoms with Crippen LogP contribution in [-0.2, 0) is 0 Å². The zero-order chi connectivity index (χ0) is 6.10. The van der Waals surface area contributed by atoms with E-state index in [-0.39, 0.29) is 0 Å². The van der Waals surface area contributed by atoms with Crippen LogP contribution in [-0.4, -0.2) is 29.3 Å². The Balaban J connectivity index is 2.07. The number of hydrogen-bond donors (Lipinski definition) is 2. The molecular formula is C4H8N4S. The lowest BCUT2D eigenvalue weighted by molar-refractivity contribution is 0.317. The number of fused-ring (bicyclic) bond motifs is 1. The van der Waals surface area contributed by atoms with Gasteiger partial charge in [-0.15, -0.1) is 0 Å². The molecule has 4 nitrogen and oxygen atoms in total. The predicted octanol–water partition coefficient (Wildman–Crippen LogP) is -0.630. The van der Waals surface area contributed by atoms with E-state index in [4.69, 9.17) is 0 Å². The Morgan fingerprint density at radius 1 is 1.78 bits per heavy atom. The highest BCUT2D eigenvalue weighted by atomic mass is 32.2. The maximum Gasteiger partial charge on any atom is 0.128 e. The molecule has 0 bridgehead atoms. The molecule has 0 saturated carbocycles. The fourth-order valence-electron chi connectivity index (χ4n) is 0.892. The molecule has 0 spiro atoms. The van der Waals surface area contributed by atoms with Crippen LogP contribution >= 0.6 is 11.8 Å². The highest BCUT2D eigenvalue weighted by Crippen LogP contribution is 2.15. The Labute approximate surface area is 57.7 Å². The van der Waals surface area contributed by atoms with E-state index < -0.39 is 0 Å². The average Bonchev–Trinajstić information content (AvgIpc) is 2.33. The summed E-state index contributed by atoms with van der Waals surface area (Å²) in [6.07, 6.45) is 0. The first-order valence-electron chi connectivity index (χ1n) is 2.83. The minimum atomic E-state index is 0.405. The van der Waals surface area contributed by atoms with Crippen molar-refractivity contribution in [3.63, 3.8) is 0 Å².